The predicted molar refractivity (Wildman–Crippen MR) is 79.9 cm³/mol. The number of aromatic carboxylic acids is 1. The monoisotopic (exact) mass is 313 g/mol. The zero-order chi connectivity index (χ0) is 15.4. The molecule has 21 heavy (non-hydrogen) atoms. The number of hydrogen-bond donors (Lipinski definition) is 1. The number of nitrogens with zero attached hydrogens (tertiary/aromatic N) is 1. The summed E-state index contributed by atoms with van der Waals surface area (Å²) in [6, 6.07) is 5.38. The van der Waals surface area contributed by atoms with Crippen LogP contribution in [0.4, 0.5) is 0 Å². The first-order valence-corrected chi connectivity index (χ1v) is 7.20. The van der Waals surface area contributed by atoms with Crippen LogP contribution >= 0.6 is 11.6 Å². The topological polar surface area (TPSA) is 59.0 Å². The molecule has 5 nitrogen and oxygen atoms in total. The van der Waals surface area contributed by atoms with Crippen molar-refractivity contribution >= 4 is 17.6 Å². The molecule has 0 saturated carbocycles. The molecule has 0 unspecified atom stereocenters. The maximum Gasteiger partial charge on any atom is 0.337 e. The van der Waals surface area contributed by atoms with Crippen LogP contribution in [0.25, 0.3) is 0 Å². The van der Waals surface area contributed by atoms with Crippen LogP contribution in [0.15, 0.2) is 18.2 Å². The fraction of sp³-hybridized carbons (Fsp3) is 0.533. The van der Waals surface area contributed by atoms with E-state index in [0.717, 1.165) is 18.5 Å². The minimum absolute atomic E-state index is 0.130. The minimum Gasteiger partial charge on any atom is -0.478 e. The smallest absolute Gasteiger partial charge is 0.337 e. The molecule has 1 aromatic carbocycles. The molecule has 1 N–H and O–H groups in total. The molecule has 2 rings (SSSR count). The van der Waals surface area contributed by atoms with E-state index in [0.29, 0.717) is 19.2 Å². The lowest BCUT2D eigenvalue weighted by atomic mass is 10.1. The van der Waals surface area contributed by atoms with Gasteiger partial charge in [-0.2, -0.15) is 0 Å². The number of benzene rings is 1. The average Bonchev–Trinajstić information content (AvgIpc) is 2.81. The normalized spacial score (nSPS) is 22.6. The summed E-state index contributed by atoms with van der Waals surface area (Å²) in [5, 5.41) is 9.26. The van der Waals surface area contributed by atoms with E-state index in [1.54, 1.807) is 32.4 Å². The molecule has 1 heterocycles. The highest BCUT2D eigenvalue weighted by Gasteiger charge is 2.32. The largest absolute Gasteiger partial charge is 0.478 e. The number of carboxylic acid groups (broad SMARTS) is 1. The maximum atomic E-state index is 11.0. The molecule has 0 bridgehead atoms. The van der Waals surface area contributed by atoms with Gasteiger partial charge in [0.1, 0.15) is 0 Å². The van der Waals surface area contributed by atoms with Crippen LogP contribution in [0.5, 0.6) is 0 Å². The third-order valence-corrected chi connectivity index (χ3v) is 4.14. The zero-order valence-corrected chi connectivity index (χ0v) is 13.0. The summed E-state index contributed by atoms with van der Waals surface area (Å²) in [5.74, 6) is -1.01. The summed E-state index contributed by atoms with van der Waals surface area (Å²) in [7, 11) is 3.41. The van der Waals surface area contributed by atoms with Gasteiger partial charge in [-0.15, -0.1) is 0 Å². The van der Waals surface area contributed by atoms with Crippen LogP contribution in [0, 0.1) is 0 Å². The van der Waals surface area contributed by atoms with E-state index in [4.69, 9.17) is 26.2 Å². The molecule has 116 valence electrons. The Balaban J connectivity index is 2.09. The Morgan fingerprint density at radius 3 is 2.81 bits per heavy atom. The minimum atomic E-state index is -1.01. The van der Waals surface area contributed by atoms with E-state index >= 15 is 0 Å². The number of halogens is 1. The van der Waals surface area contributed by atoms with Crippen LogP contribution in [0.3, 0.4) is 0 Å². The quantitative estimate of drug-likeness (QED) is 0.873. The highest BCUT2D eigenvalue weighted by Crippen LogP contribution is 2.25. The number of likely N-dealkylation sites (tertiary alicyclic amines) is 1. The fourth-order valence-electron chi connectivity index (χ4n) is 2.73. The van der Waals surface area contributed by atoms with E-state index in [-0.39, 0.29) is 16.7 Å². The van der Waals surface area contributed by atoms with Crippen molar-refractivity contribution in [3.63, 3.8) is 0 Å². The van der Waals surface area contributed by atoms with Gasteiger partial charge in [-0.1, -0.05) is 17.7 Å². The van der Waals surface area contributed by atoms with Crippen molar-refractivity contribution < 1.29 is 19.4 Å². The van der Waals surface area contributed by atoms with Crippen molar-refractivity contribution in [1.29, 1.82) is 0 Å². The van der Waals surface area contributed by atoms with Crippen LogP contribution in [-0.2, 0) is 16.0 Å². The van der Waals surface area contributed by atoms with E-state index in [2.05, 4.69) is 4.90 Å². The molecule has 0 radical (unpaired) electrons. The molecule has 1 saturated heterocycles. The zero-order valence-electron chi connectivity index (χ0n) is 12.2. The highest BCUT2D eigenvalue weighted by atomic mass is 35.5. The Bertz CT molecular complexity index is 508. The Morgan fingerprint density at radius 2 is 2.24 bits per heavy atom. The predicted octanol–water partition coefficient (Wildman–Crippen LogP) is 2.27. The Kier molecular flexibility index (Phi) is 5.58. The molecule has 1 aliphatic rings. The Hall–Kier alpha value is -1.14. The van der Waals surface area contributed by atoms with E-state index in [1.807, 2.05) is 0 Å². The van der Waals surface area contributed by atoms with Gasteiger partial charge in [0, 0.05) is 33.4 Å². The van der Waals surface area contributed by atoms with Gasteiger partial charge in [0.2, 0.25) is 0 Å². The highest BCUT2D eigenvalue weighted by molar-refractivity contribution is 6.33. The van der Waals surface area contributed by atoms with Gasteiger partial charge in [-0.25, -0.2) is 4.79 Å². The summed E-state index contributed by atoms with van der Waals surface area (Å²) in [4.78, 5) is 13.3. The summed E-state index contributed by atoms with van der Waals surface area (Å²) >= 11 is 6.01. The number of rotatable bonds is 6. The van der Waals surface area contributed by atoms with Gasteiger partial charge in [0.05, 0.1) is 23.3 Å². The third-order valence-electron chi connectivity index (χ3n) is 3.83. The molecule has 2 atom stereocenters. The van der Waals surface area contributed by atoms with E-state index in [1.165, 1.54) is 0 Å². The van der Waals surface area contributed by atoms with Crippen LogP contribution in [0.1, 0.15) is 22.3 Å². The average molecular weight is 314 g/mol. The van der Waals surface area contributed by atoms with Gasteiger partial charge >= 0.3 is 5.97 Å². The maximum absolute atomic E-state index is 11.0. The lowest BCUT2D eigenvalue weighted by molar-refractivity contribution is 0.0697. The first kappa shape index (κ1) is 16.2. The summed E-state index contributed by atoms with van der Waals surface area (Å²) in [6.45, 7) is 2.19. The van der Waals surface area contributed by atoms with Crippen LogP contribution in [0.2, 0.25) is 5.02 Å². The van der Waals surface area contributed by atoms with Gasteiger partial charge in [-0.05, 0) is 24.1 Å². The van der Waals surface area contributed by atoms with E-state index in [9.17, 15) is 4.79 Å². The lowest BCUT2D eigenvalue weighted by Gasteiger charge is -2.23. The first-order chi connectivity index (χ1) is 10.0. The van der Waals surface area contributed by atoms with Crippen molar-refractivity contribution in [2.75, 3.05) is 27.4 Å². The van der Waals surface area contributed by atoms with Crippen molar-refractivity contribution in [2.45, 2.75) is 25.1 Å². The second-order valence-corrected chi connectivity index (χ2v) is 5.66. The number of methoxy groups -OCH3 is 2. The Labute approximate surface area is 129 Å². The molecule has 6 heteroatoms. The number of hydrogen-bond acceptors (Lipinski definition) is 4. The van der Waals surface area contributed by atoms with Crippen molar-refractivity contribution in [3.8, 4) is 0 Å². The molecular weight excluding hydrogens is 294 g/mol. The van der Waals surface area contributed by atoms with E-state index < -0.39 is 5.97 Å². The van der Waals surface area contributed by atoms with Crippen LogP contribution < -0.4 is 0 Å². The van der Waals surface area contributed by atoms with Crippen molar-refractivity contribution in [3.05, 3.63) is 34.3 Å². The molecule has 0 spiro atoms. The van der Waals surface area contributed by atoms with Crippen molar-refractivity contribution in [2.24, 2.45) is 0 Å². The molecular formula is C15H20ClNO4. The molecule has 0 aromatic heterocycles. The Morgan fingerprint density at radius 1 is 1.48 bits per heavy atom. The second kappa shape index (κ2) is 7.22. The molecule has 0 aliphatic carbocycles. The summed E-state index contributed by atoms with van der Waals surface area (Å²) in [5.41, 5.74) is 1.12. The second-order valence-electron chi connectivity index (χ2n) is 5.25. The number of carboxylic acids is 1. The third kappa shape index (κ3) is 3.95. The molecule has 1 fully saturated rings. The number of ether oxygens (including phenoxy) is 2. The standard InChI is InChI=1S/C15H20ClNO4/c1-20-9-11-6-12(21-2)8-17(11)7-10-3-4-13(15(18)19)14(16)5-10/h3-5,11-12H,6-9H2,1-2H3,(H,18,19)/t11-,12-/m0/s1. The van der Waals surface area contributed by atoms with Gasteiger partial charge < -0.3 is 14.6 Å². The fourth-order valence-corrected chi connectivity index (χ4v) is 3.02. The molecule has 1 aliphatic heterocycles. The SMILES string of the molecule is COC[C@@H]1C[C@H](OC)CN1Cc1ccc(C(=O)O)c(Cl)c1. The van der Waals surface area contributed by atoms with Crippen LogP contribution in [-0.4, -0.2) is 55.5 Å². The summed E-state index contributed by atoms with van der Waals surface area (Å²) in [6.07, 6.45) is 1.14. The van der Waals surface area contributed by atoms with Gasteiger partial charge in [0.15, 0.2) is 0 Å². The first-order valence-electron chi connectivity index (χ1n) is 6.82. The summed E-state index contributed by atoms with van der Waals surface area (Å²) < 4.78 is 10.7. The van der Waals surface area contributed by atoms with Gasteiger partial charge in [-0.3, -0.25) is 4.90 Å². The van der Waals surface area contributed by atoms with Gasteiger partial charge in [0.25, 0.3) is 0 Å². The van der Waals surface area contributed by atoms with Crippen molar-refractivity contribution in [1.82, 2.24) is 4.90 Å². The molecule has 0 amide bonds. The number of carbonyl (C=O) groups is 1. The lowest BCUT2D eigenvalue weighted by Crippen LogP contribution is -2.32. The molecule has 1 aromatic rings.